The van der Waals surface area contributed by atoms with Crippen molar-refractivity contribution >= 4 is 34.0 Å². The van der Waals surface area contributed by atoms with E-state index in [1.165, 1.54) is 29.9 Å². The Morgan fingerprint density at radius 2 is 1.92 bits per heavy atom. The first-order valence-electron chi connectivity index (χ1n) is 7.48. The third kappa shape index (κ3) is 4.67. The lowest BCUT2D eigenvalue weighted by Gasteiger charge is -2.04. The third-order valence-electron chi connectivity index (χ3n) is 3.25. The van der Waals surface area contributed by atoms with E-state index in [9.17, 15) is 9.59 Å². The lowest BCUT2D eigenvalue weighted by Crippen LogP contribution is -2.15. The number of nitrogens with zero attached hydrogens (tertiary/aromatic N) is 3. The summed E-state index contributed by atoms with van der Waals surface area (Å²) in [5, 5.41) is 7.60. The standard InChI is InChI=1S/C17H15N5O2S/c1-11-2-4-12(5-3-11)20-15(23)8-13-10-25-17(21-13)22-16(24)14-9-18-6-7-19-14/h2-7,9-10H,8H2,1H3,(H,20,23)(H,21,22,24). The van der Waals surface area contributed by atoms with E-state index in [2.05, 4.69) is 25.6 Å². The Balaban J connectivity index is 1.57. The van der Waals surface area contributed by atoms with Crippen LogP contribution in [0, 0.1) is 6.92 Å². The number of hydrogen-bond donors (Lipinski definition) is 2. The maximum Gasteiger partial charge on any atom is 0.277 e. The number of aryl methyl sites for hydroxylation is 1. The van der Waals surface area contributed by atoms with Gasteiger partial charge >= 0.3 is 0 Å². The van der Waals surface area contributed by atoms with E-state index in [1.54, 1.807) is 5.38 Å². The smallest absolute Gasteiger partial charge is 0.277 e. The van der Waals surface area contributed by atoms with Gasteiger partial charge in [-0.2, -0.15) is 0 Å². The summed E-state index contributed by atoms with van der Waals surface area (Å²) in [4.78, 5) is 36.1. The van der Waals surface area contributed by atoms with Crippen molar-refractivity contribution in [1.29, 1.82) is 0 Å². The predicted molar refractivity (Wildman–Crippen MR) is 95.6 cm³/mol. The third-order valence-corrected chi connectivity index (χ3v) is 4.05. The number of nitrogens with one attached hydrogen (secondary N) is 2. The van der Waals surface area contributed by atoms with Crippen LogP contribution >= 0.6 is 11.3 Å². The summed E-state index contributed by atoms with van der Waals surface area (Å²) in [6.45, 7) is 1.98. The second-order valence-corrected chi connectivity index (χ2v) is 6.14. The summed E-state index contributed by atoms with van der Waals surface area (Å²) in [7, 11) is 0. The van der Waals surface area contributed by atoms with Crippen LogP contribution in [0.5, 0.6) is 0 Å². The Morgan fingerprint density at radius 1 is 1.12 bits per heavy atom. The monoisotopic (exact) mass is 353 g/mol. The minimum Gasteiger partial charge on any atom is -0.326 e. The highest BCUT2D eigenvalue weighted by molar-refractivity contribution is 7.14. The molecule has 0 unspecified atom stereocenters. The lowest BCUT2D eigenvalue weighted by molar-refractivity contribution is -0.115. The number of aromatic nitrogens is 3. The van der Waals surface area contributed by atoms with Gasteiger partial charge in [0.05, 0.1) is 18.3 Å². The molecule has 0 aliphatic carbocycles. The summed E-state index contributed by atoms with van der Waals surface area (Å²) >= 11 is 1.25. The Morgan fingerprint density at radius 3 is 2.64 bits per heavy atom. The van der Waals surface area contributed by atoms with Crippen molar-refractivity contribution in [3.63, 3.8) is 0 Å². The van der Waals surface area contributed by atoms with Crippen LogP contribution in [0.25, 0.3) is 0 Å². The Hall–Kier alpha value is -3.13. The molecule has 126 valence electrons. The van der Waals surface area contributed by atoms with E-state index >= 15 is 0 Å². The van der Waals surface area contributed by atoms with Gasteiger partial charge in [-0.1, -0.05) is 17.7 Å². The van der Waals surface area contributed by atoms with Crippen LogP contribution in [0.3, 0.4) is 0 Å². The van der Waals surface area contributed by atoms with Crippen molar-refractivity contribution in [2.75, 3.05) is 10.6 Å². The molecule has 3 rings (SSSR count). The minimum absolute atomic E-state index is 0.130. The maximum atomic E-state index is 12.1. The van der Waals surface area contributed by atoms with E-state index in [4.69, 9.17) is 0 Å². The molecule has 0 aliphatic rings. The van der Waals surface area contributed by atoms with Gasteiger partial charge in [-0.25, -0.2) is 9.97 Å². The first-order chi connectivity index (χ1) is 12.1. The number of carbonyl (C=O) groups is 2. The SMILES string of the molecule is Cc1ccc(NC(=O)Cc2csc(NC(=O)c3cnccn3)n2)cc1. The fourth-order valence-electron chi connectivity index (χ4n) is 2.03. The van der Waals surface area contributed by atoms with Crippen molar-refractivity contribution in [1.82, 2.24) is 15.0 Å². The Bertz CT molecular complexity index is 878. The molecule has 0 bridgehead atoms. The van der Waals surface area contributed by atoms with Gasteiger partial charge in [0, 0.05) is 23.5 Å². The first kappa shape index (κ1) is 16.7. The Labute approximate surface area is 148 Å². The van der Waals surface area contributed by atoms with Crippen molar-refractivity contribution in [2.45, 2.75) is 13.3 Å². The molecule has 7 nitrogen and oxygen atoms in total. The second-order valence-electron chi connectivity index (χ2n) is 5.28. The van der Waals surface area contributed by atoms with Crippen LogP contribution in [0.4, 0.5) is 10.8 Å². The molecule has 3 aromatic rings. The molecule has 2 heterocycles. The van der Waals surface area contributed by atoms with Gasteiger partial charge in [0.15, 0.2) is 5.13 Å². The number of benzene rings is 1. The lowest BCUT2D eigenvalue weighted by atomic mass is 10.2. The summed E-state index contributed by atoms with van der Waals surface area (Å²) < 4.78 is 0. The van der Waals surface area contributed by atoms with Crippen molar-refractivity contribution in [2.24, 2.45) is 0 Å². The van der Waals surface area contributed by atoms with E-state index in [1.807, 2.05) is 31.2 Å². The summed E-state index contributed by atoms with van der Waals surface area (Å²) in [5.74, 6) is -0.556. The zero-order valence-electron chi connectivity index (χ0n) is 13.4. The van der Waals surface area contributed by atoms with Crippen molar-refractivity contribution in [3.8, 4) is 0 Å². The topological polar surface area (TPSA) is 96.9 Å². The van der Waals surface area contributed by atoms with Gasteiger partial charge in [-0.05, 0) is 19.1 Å². The van der Waals surface area contributed by atoms with Crippen LogP contribution in [-0.4, -0.2) is 26.8 Å². The van der Waals surface area contributed by atoms with Crippen molar-refractivity contribution in [3.05, 3.63) is 65.2 Å². The average Bonchev–Trinajstić information content (AvgIpc) is 3.04. The number of hydrogen-bond acceptors (Lipinski definition) is 6. The molecule has 0 saturated heterocycles. The number of anilines is 2. The van der Waals surface area contributed by atoms with E-state index in [0.29, 0.717) is 10.8 Å². The highest BCUT2D eigenvalue weighted by Crippen LogP contribution is 2.17. The predicted octanol–water partition coefficient (Wildman–Crippen LogP) is 2.68. The summed E-state index contributed by atoms with van der Waals surface area (Å²) in [6.07, 6.45) is 4.44. The van der Waals surface area contributed by atoms with Gasteiger partial charge in [0.25, 0.3) is 5.91 Å². The zero-order valence-corrected chi connectivity index (χ0v) is 14.2. The van der Waals surface area contributed by atoms with Gasteiger partial charge in [-0.15, -0.1) is 11.3 Å². The molecule has 0 saturated carbocycles. The van der Waals surface area contributed by atoms with Crippen molar-refractivity contribution < 1.29 is 9.59 Å². The van der Waals surface area contributed by atoms with Gasteiger partial charge in [0.2, 0.25) is 5.91 Å². The molecule has 8 heteroatoms. The number of carbonyl (C=O) groups excluding carboxylic acids is 2. The van der Waals surface area contributed by atoms with E-state index < -0.39 is 5.91 Å². The normalized spacial score (nSPS) is 10.3. The summed E-state index contributed by atoms with van der Waals surface area (Å²) in [5.41, 5.74) is 2.66. The molecule has 0 aliphatic heterocycles. The fourth-order valence-corrected chi connectivity index (χ4v) is 2.73. The maximum absolute atomic E-state index is 12.1. The second kappa shape index (κ2) is 7.63. The average molecular weight is 353 g/mol. The highest BCUT2D eigenvalue weighted by atomic mass is 32.1. The highest BCUT2D eigenvalue weighted by Gasteiger charge is 2.12. The number of rotatable bonds is 5. The number of thiazole rings is 1. The van der Waals surface area contributed by atoms with Gasteiger partial charge in [0.1, 0.15) is 5.69 Å². The van der Waals surface area contributed by atoms with E-state index in [0.717, 1.165) is 11.3 Å². The van der Waals surface area contributed by atoms with E-state index in [-0.39, 0.29) is 18.0 Å². The molecule has 0 atom stereocenters. The zero-order chi connectivity index (χ0) is 17.6. The van der Waals surface area contributed by atoms with Gasteiger partial charge in [-0.3, -0.25) is 19.9 Å². The minimum atomic E-state index is -0.391. The molecule has 0 spiro atoms. The molecule has 0 radical (unpaired) electrons. The first-order valence-corrected chi connectivity index (χ1v) is 8.36. The largest absolute Gasteiger partial charge is 0.326 e. The molecule has 2 aromatic heterocycles. The molecule has 1 aromatic carbocycles. The molecule has 0 fully saturated rings. The van der Waals surface area contributed by atoms with Crippen LogP contribution < -0.4 is 10.6 Å². The Kier molecular flexibility index (Phi) is 5.10. The molecular formula is C17H15N5O2S. The fraction of sp³-hybridized carbons (Fsp3) is 0.118. The van der Waals surface area contributed by atoms with Crippen LogP contribution in [-0.2, 0) is 11.2 Å². The van der Waals surface area contributed by atoms with Gasteiger partial charge < -0.3 is 5.32 Å². The van der Waals surface area contributed by atoms with Crippen LogP contribution in [0.15, 0.2) is 48.2 Å². The van der Waals surface area contributed by atoms with Crippen LogP contribution in [0.2, 0.25) is 0 Å². The molecule has 25 heavy (non-hydrogen) atoms. The van der Waals surface area contributed by atoms with Crippen LogP contribution in [0.1, 0.15) is 21.7 Å². The molecule has 2 N–H and O–H groups in total. The number of amides is 2. The molecular weight excluding hydrogens is 338 g/mol. The quantitative estimate of drug-likeness (QED) is 0.735. The molecule has 2 amide bonds. The summed E-state index contributed by atoms with van der Waals surface area (Å²) in [6, 6.07) is 7.55.